The summed E-state index contributed by atoms with van der Waals surface area (Å²) in [5.74, 6) is -0.184. The van der Waals surface area contributed by atoms with Crippen LogP contribution in [0.4, 0.5) is 5.82 Å². The smallest absolute Gasteiger partial charge is 0.332 e. The molecule has 2 aromatic heterocycles. The molecule has 0 amide bonds. The Kier molecular flexibility index (Phi) is 4.97. The first-order valence-corrected chi connectivity index (χ1v) is 10.2. The lowest BCUT2D eigenvalue weighted by atomic mass is 10.2. The maximum atomic E-state index is 12.9. The molecule has 29 heavy (non-hydrogen) atoms. The molecule has 0 unspecified atom stereocenters. The normalized spacial score (nSPS) is 14.3. The van der Waals surface area contributed by atoms with Gasteiger partial charge in [-0.3, -0.25) is 18.7 Å². The van der Waals surface area contributed by atoms with Gasteiger partial charge in [0.25, 0.3) is 5.56 Å². The van der Waals surface area contributed by atoms with Crippen LogP contribution in [-0.4, -0.2) is 19.9 Å². The molecule has 7 nitrogen and oxygen atoms in total. The van der Waals surface area contributed by atoms with Crippen molar-refractivity contribution in [1.29, 1.82) is 0 Å². The first kappa shape index (κ1) is 19.4. The molecule has 1 aliphatic rings. The van der Waals surface area contributed by atoms with Gasteiger partial charge in [-0.25, -0.2) is 9.78 Å². The Morgan fingerprint density at radius 1 is 1.21 bits per heavy atom. The number of benzene rings is 1. The molecule has 0 aliphatic carbocycles. The summed E-state index contributed by atoms with van der Waals surface area (Å²) < 4.78 is 2.40. The molecule has 1 aromatic carbocycles. The van der Waals surface area contributed by atoms with Crippen LogP contribution in [0.1, 0.15) is 29.4 Å². The highest BCUT2D eigenvalue weighted by atomic mass is 35.5. The number of ketones is 1. The molecule has 9 heteroatoms. The summed E-state index contributed by atoms with van der Waals surface area (Å²) >= 11 is 7.36. The summed E-state index contributed by atoms with van der Waals surface area (Å²) in [6.45, 7) is 2.32. The number of carbonyl (C=O) groups excluding carboxylic acids is 1. The van der Waals surface area contributed by atoms with Crippen LogP contribution in [-0.2, 0) is 13.6 Å². The number of hydrogen-bond donors (Lipinski definition) is 1. The molecule has 0 radical (unpaired) electrons. The number of aromatic nitrogens is 3. The second kappa shape index (κ2) is 7.46. The molecule has 1 aliphatic heterocycles. The van der Waals surface area contributed by atoms with Gasteiger partial charge in [-0.2, -0.15) is 0 Å². The van der Waals surface area contributed by atoms with Crippen LogP contribution in [0, 0.1) is 0 Å². The van der Waals surface area contributed by atoms with Crippen molar-refractivity contribution in [1.82, 2.24) is 14.1 Å². The van der Waals surface area contributed by atoms with Gasteiger partial charge in [0, 0.05) is 29.6 Å². The van der Waals surface area contributed by atoms with Crippen molar-refractivity contribution < 1.29 is 4.79 Å². The van der Waals surface area contributed by atoms with Gasteiger partial charge in [-0.15, -0.1) is 11.3 Å². The topological polar surface area (TPSA) is 86.0 Å². The number of nitrogens with zero attached hydrogens (tertiary/aromatic N) is 3. The lowest BCUT2D eigenvalue weighted by molar-refractivity contribution is 0.104. The standard InChI is InChI=1S/C20H17ClN4O3S/c1-3-8-25-17-15(19(27)24(2)20(25)28)16(26)14(23-17)9-13-10-29-18(22-13)11-4-6-12(21)7-5-11/h4-7,9-10,23H,3,8H2,1-2H3/b14-9-. The molecule has 4 rings (SSSR count). The van der Waals surface area contributed by atoms with Crippen molar-refractivity contribution in [3.63, 3.8) is 0 Å². The predicted molar refractivity (Wildman–Crippen MR) is 115 cm³/mol. The number of Topliss-reactive ketones (excluding diaryl/α,β-unsaturated/α-hetero) is 1. The number of fused-ring (bicyclic) bond motifs is 1. The molecule has 148 valence electrons. The Bertz CT molecular complexity index is 1270. The second-order valence-corrected chi connectivity index (χ2v) is 7.91. The van der Waals surface area contributed by atoms with Crippen molar-refractivity contribution in [2.24, 2.45) is 7.05 Å². The average Bonchev–Trinajstić information content (AvgIpc) is 3.29. The lowest BCUT2D eigenvalue weighted by Crippen LogP contribution is -2.40. The van der Waals surface area contributed by atoms with Gasteiger partial charge in [0.15, 0.2) is 0 Å². The fourth-order valence-corrected chi connectivity index (χ4v) is 4.09. The van der Waals surface area contributed by atoms with Crippen LogP contribution in [0.15, 0.2) is 44.9 Å². The molecule has 3 aromatic rings. The Hall–Kier alpha value is -2.97. The van der Waals surface area contributed by atoms with Crippen molar-refractivity contribution in [3.05, 3.63) is 72.5 Å². The number of allylic oxidation sites excluding steroid dienone is 1. The maximum Gasteiger partial charge on any atom is 0.332 e. The van der Waals surface area contributed by atoms with E-state index >= 15 is 0 Å². The number of carbonyl (C=O) groups is 1. The average molecular weight is 429 g/mol. The van der Waals surface area contributed by atoms with Crippen molar-refractivity contribution in [3.8, 4) is 10.6 Å². The molecule has 0 spiro atoms. The first-order valence-electron chi connectivity index (χ1n) is 8.99. The van der Waals surface area contributed by atoms with Gasteiger partial charge < -0.3 is 5.32 Å². The third kappa shape index (κ3) is 3.34. The third-order valence-corrected chi connectivity index (χ3v) is 5.78. The first-order chi connectivity index (χ1) is 13.9. The minimum absolute atomic E-state index is 0.0139. The lowest BCUT2D eigenvalue weighted by Gasteiger charge is -2.11. The van der Waals surface area contributed by atoms with Crippen LogP contribution in [0.2, 0.25) is 5.02 Å². The van der Waals surface area contributed by atoms with E-state index in [1.165, 1.54) is 23.0 Å². The fourth-order valence-electron chi connectivity index (χ4n) is 3.18. The van der Waals surface area contributed by atoms with E-state index in [0.717, 1.165) is 15.1 Å². The van der Waals surface area contributed by atoms with Gasteiger partial charge in [0.1, 0.15) is 16.4 Å². The zero-order chi connectivity index (χ0) is 20.7. The zero-order valence-electron chi connectivity index (χ0n) is 15.7. The molecule has 0 saturated carbocycles. The minimum Gasteiger partial charge on any atom is -0.337 e. The second-order valence-electron chi connectivity index (χ2n) is 6.62. The highest BCUT2D eigenvalue weighted by Gasteiger charge is 2.32. The summed E-state index contributed by atoms with van der Waals surface area (Å²) in [4.78, 5) is 42.3. The summed E-state index contributed by atoms with van der Waals surface area (Å²) in [7, 11) is 1.38. The van der Waals surface area contributed by atoms with Crippen molar-refractivity contribution in [2.75, 3.05) is 5.32 Å². The quantitative estimate of drug-likeness (QED) is 0.644. The van der Waals surface area contributed by atoms with E-state index < -0.39 is 17.0 Å². The van der Waals surface area contributed by atoms with E-state index in [1.54, 1.807) is 18.2 Å². The van der Waals surface area contributed by atoms with Crippen LogP contribution in [0.25, 0.3) is 16.6 Å². The monoisotopic (exact) mass is 428 g/mol. The van der Waals surface area contributed by atoms with E-state index in [1.807, 2.05) is 24.4 Å². The fraction of sp³-hybridized carbons (Fsp3) is 0.200. The van der Waals surface area contributed by atoms with Crippen molar-refractivity contribution >= 4 is 40.6 Å². The number of halogens is 1. The van der Waals surface area contributed by atoms with Crippen LogP contribution >= 0.6 is 22.9 Å². The summed E-state index contributed by atoms with van der Waals surface area (Å²) in [5, 5.41) is 6.22. The third-order valence-electron chi connectivity index (χ3n) is 4.62. The van der Waals surface area contributed by atoms with Gasteiger partial charge in [-0.1, -0.05) is 30.7 Å². The van der Waals surface area contributed by atoms with Crippen LogP contribution in [0.5, 0.6) is 0 Å². The number of hydrogen-bond acceptors (Lipinski definition) is 6. The van der Waals surface area contributed by atoms with Gasteiger partial charge >= 0.3 is 5.69 Å². The van der Waals surface area contributed by atoms with Crippen LogP contribution in [0.3, 0.4) is 0 Å². The van der Waals surface area contributed by atoms with E-state index in [9.17, 15) is 14.4 Å². The van der Waals surface area contributed by atoms with Crippen molar-refractivity contribution in [2.45, 2.75) is 19.9 Å². The number of thiazole rings is 1. The number of anilines is 1. The SMILES string of the molecule is CCCn1c2c(c(=O)n(C)c1=O)C(=O)/C(=C/c1csc(-c3ccc(Cl)cc3)n1)N2. The molecule has 1 N–H and O–H groups in total. The zero-order valence-corrected chi connectivity index (χ0v) is 17.3. The highest BCUT2D eigenvalue weighted by molar-refractivity contribution is 7.13. The summed E-state index contributed by atoms with van der Waals surface area (Å²) in [6.07, 6.45) is 2.29. The Labute approximate surface area is 174 Å². The maximum absolute atomic E-state index is 12.9. The van der Waals surface area contributed by atoms with E-state index in [0.29, 0.717) is 23.7 Å². The number of rotatable bonds is 4. The molecular formula is C20H17ClN4O3S. The molecule has 0 saturated heterocycles. The molecule has 0 bridgehead atoms. The van der Waals surface area contributed by atoms with Gasteiger partial charge in [-0.05, 0) is 24.6 Å². The van der Waals surface area contributed by atoms with Gasteiger partial charge in [0.05, 0.1) is 11.4 Å². The number of nitrogens with one attached hydrogen (secondary N) is 1. The van der Waals surface area contributed by atoms with E-state index in [-0.39, 0.29) is 17.1 Å². The Morgan fingerprint density at radius 3 is 2.62 bits per heavy atom. The van der Waals surface area contributed by atoms with Crippen LogP contribution < -0.4 is 16.6 Å². The minimum atomic E-state index is -0.599. The summed E-state index contributed by atoms with van der Waals surface area (Å²) in [6, 6.07) is 7.33. The van der Waals surface area contributed by atoms with E-state index in [4.69, 9.17) is 11.6 Å². The molecular weight excluding hydrogens is 412 g/mol. The highest BCUT2D eigenvalue weighted by Crippen LogP contribution is 2.29. The summed E-state index contributed by atoms with van der Waals surface area (Å²) in [5.41, 5.74) is 0.670. The largest absolute Gasteiger partial charge is 0.337 e. The molecule has 3 heterocycles. The molecule has 0 fully saturated rings. The Balaban J connectivity index is 1.73. The van der Waals surface area contributed by atoms with E-state index in [2.05, 4.69) is 10.3 Å². The predicted octanol–water partition coefficient (Wildman–Crippen LogP) is 3.38. The van der Waals surface area contributed by atoms with Gasteiger partial charge in [0.2, 0.25) is 5.78 Å². The molecule has 0 atom stereocenters. The Morgan fingerprint density at radius 2 is 1.93 bits per heavy atom.